The Kier molecular flexibility index (Phi) is 6.14. The summed E-state index contributed by atoms with van der Waals surface area (Å²) in [5, 5.41) is 13.7. The smallest absolute Gasteiger partial charge is 0.347 e. The molecule has 21 heavy (non-hydrogen) atoms. The highest BCUT2D eigenvalue weighted by Gasteiger charge is 2.22. The number of rotatable bonds is 7. The van der Waals surface area contributed by atoms with Crippen molar-refractivity contribution in [3.05, 3.63) is 15.6 Å². The average molecular weight is 311 g/mol. The van der Waals surface area contributed by atoms with Gasteiger partial charge in [0.1, 0.15) is 4.88 Å². The Hall–Kier alpha value is -0.980. The minimum atomic E-state index is -0.831. The van der Waals surface area contributed by atoms with Crippen LogP contribution in [0.2, 0.25) is 0 Å². The van der Waals surface area contributed by atoms with E-state index in [4.69, 9.17) is 0 Å². The lowest BCUT2D eigenvalue weighted by Gasteiger charge is -2.26. The molecular weight excluding hydrogens is 286 g/mol. The summed E-state index contributed by atoms with van der Waals surface area (Å²) in [5.41, 5.74) is 0.799. The van der Waals surface area contributed by atoms with E-state index in [-0.39, 0.29) is 5.92 Å². The fourth-order valence-electron chi connectivity index (χ4n) is 2.78. The molecule has 2 N–H and O–H groups in total. The summed E-state index contributed by atoms with van der Waals surface area (Å²) < 4.78 is 0. The zero-order valence-corrected chi connectivity index (χ0v) is 13.7. The fourth-order valence-corrected chi connectivity index (χ4v) is 3.76. The molecule has 0 unspecified atom stereocenters. The topological polar surface area (TPSA) is 65.5 Å². The van der Waals surface area contributed by atoms with Crippen LogP contribution in [0.3, 0.4) is 0 Å². The van der Waals surface area contributed by atoms with Crippen LogP contribution in [0.4, 0.5) is 0 Å². The summed E-state index contributed by atoms with van der Waals surface area (Å²) in [6.45, 7) is 9.37. The first kappa shape index (κ1) is 16.4. The van der Waals surface area contributed by atoms with Gasteiger partial charge < -0.3 is 15.3 Å². The minimum Gasteiger partial charge on any atom is -0.477 e. The third-order valence-corrected chi connectivity index (χ3v) is 5.23. The number of aromatic nitrogens is 1. The molecule has 0 radical (unpaired) electrons. The van der Waals surface area contributed by atoms with E-state index in [1.165, 1.54) is 11.3 Å². The molecule has 0 atom stereocenters. The van der Waals surface area contributed by atoms with E-state index in [0.717, 1.165) is 62.7 Å². The molecule has 5 nitrogen and oxygen atoms in total. The van der Waals surface area contributed by atoms with Gasteiger partial charge in [-0.05, 0) is 12.8 Å². The fraction of sp³-hybridized carbons (Fsp3) is 0.733. The Morgan fingerprint density at radius 3 is 2.62 bits per heavy atom. The Labute approximate surface area is 130 Å². The average Bonchev–Trinajstić information content (AvgIpc) is 2.92. The summed E-state index contributed by atoms with van der Waals surface area (Å²) in [6.07, 6.45) is 2.74. The van der Waals surface area contributed by atoms with E-state index in [2.05, 4.69) is 29.0 Å². The van der Waals surface area contributed by atoms with Crippen LogP contribution in [0.25, 0.3) is 0 Å². The van der Waals surface area contributed by atoms with Gasteiger partial charge in [-0.15, -0.1) is 11.3 Å². The number of piperazine rings is 1. The van der Waals surface area contributed by atoms with Gasteiger partial charge in [-0.25, -0.2) is 9.78 Å². The van der Waals surface area contributed by atoms with E-state index in [0.29, 0.717) is 4.88 Å². The number of carboxylic acids is 1. The quantitative estimate of drug-likeness (QED) is 0.808. The van der Waals surface area contributed by atoms with Gasteiger partial charge in [0.15, 0.2) is 0 Å². The number of hydrogen-bond acceptors (Lipinski definition) is 5. The summed E-state index contributed by atoms with van der Waals surface area (Å²) in [5.74, 6) is -0.567. The normalized spacial score (nSPS) is 16.5. The number of carboxylic acid groups (broad SMARTS) is 1. The van der Waals surface area contributed by atoms with Crippen LogP contribution in [0, 0.1) is 0 Å². The third-order valence-electron chi connectivity index (χ3n) is 4.12. The van der Waals surface area contributed by atoms with Crippen LogP contribution in [-0.2, 0) is 6.42 Å². The minimum absolute atomic E-state index is 0.264. The number of nitrogens with zero attached hydrogens (tertiary/aromatic N) is 2. The lowest BCUT2D eigenvalue weighted by Crippen LogP contribution is -2.44. The van der Waals surface area contributed by atoms with E-state index in [9.17, 15) is 9.90 Å². The number of carbonyl (C=O) groups is 1. The Balaban J connectivity index is 2.05. The largest absolute Gasteiger partial charge is 0.477 e. The Morgan fingerprint density at radius 2 is 2.05 bits per heavy atom. The summed E-state index contributed by atoms with van der Waals surface area (Å²) >= 11 is 1.36. The molecule has 2 rings (SSSR count). The number of hydrogen-bond donors (Lipinski definition) is 2. The maximum Gasteiger partial charge on any atom is 0.347 e. The SMILES string of the molecule is CCC(CC)c1nc(CCN2CCNCC2)sc1C(=O)O. The summed E-state index contributed by atoms with van der Waals surface area (Å²) in [7, 11) is 0. The molecule has 1 aromatic rings. The van der Waals surface area contributed by atoms with E-state index in [1.807, 2.05) is 0 Å². The Bertz CT molecular complexity index is 465. The zero-order chi connectivity index (χ0) is 15.2. The van der Waals surface area contributed by atoms with Crippen molar-refractivity contribution in [2.24, 2.45) is 0 Å². The molecule has 0 spiro atoms. The second-order valence-electron chi connectivity index (χ2n) is 5.48. The molecule has 0 amide bonds. The van der Waals surface area contributed by atoms with Crippen LogP contribution < -0.4 is 5.32 Å². The molecule has 1 aliphatic heterocycles. The molecule has 0 aromatic carbocycles. The lowest BCUT2D eigenvalue weighted by atomic mass is 9.98. The molecule has 1 fully saturated rings. The van der Waals surface area contributed by atoms with Gasteiger partial charge in [-0.1, -0.05) is 13.8 Å². The van der Waals surface area contributed by atoms with Crippen molar-refractivity contribution in [1.29, 1.82) is 0 Å². The van der Waals surface area contributed by atoms with Gasteiger partial charge in [-0.2, -0.15) is 0 Å². The van der Waals surface area contributed by atoms with Gasteiger partial charge >= 0.3 is 5.97 Å². The second-order valence-corrected chi connectivity index (χ2v) is 6.57. The van der Waals surface area contributed by atoms with Crippen LogP contribution in [-0.4, -0.2) is 53.7 Å². The third kappa shape index (κ3) is 4.25. The molecule has 1 saturated heterocycles. The molecule has 0 aliphatic carbocycles. The lowest BCUT2D eigenvalue weighted by molar-refractivity contribution is 0.0700. The molecule has 118 valence electrons. The van der Waals surface area contributed by atoms with Gasteiger partial charge in [-0.3, -0.25) is 0 Å². The van der Waals surface area contributed by atoms with Gasteiger partial charge in [0, 0.05) is 45.1 Å². The second kappa shape index (κ2) is 7.87. The van der Waals surface area contributed by atoms with Gasteiger partial charge in [0.2, 0.25) is 0 Å². The summed E-state index contributed by atoms with van der Waals surface area (Å²) in [6, 6.07) is 0. The predicted molar refractivity (Wildman–Crippen MR) is 85.4 cm³/mol. The molecule has 0 bridgehead atoms. The number of aromatic carboxylic acids is 1. The molecule has 0 saturated carbocycles. The predicted octanol–water partition coefficient (Wildman–Crippen LogP) is 2.19. The van der Waals surface area contributed by atoms with Crippen molar-refractivity contribution >= 4 is 17.3 Å². The van der Waals surface area contributed by atoms with Crippen LogP contribution in [0.1, 0.15) is 53.0 Å². The molecule has 6 heteroatoms. The standard InChI is InChI=1S/C15H25N3O2S/c1-3-11(4-2)13-14(15(19)20)21-12(17-13)5-8-18-9-6-16-7-10-18/h11,16H,3-10H2,1-2H3,(H,19,20). The molecular formula is C15H25N3O2S. The first-order valence-corrected chi connectivity index (χ1v) is 8.63. The maximum atomic E-state index is 11.4. The van der Waals surface area contributed by atoms with Crippen molar-refractivity contribution in [1.82, 2.24) is 15.2 Å². The monoisotopic (exact) mass is 311 g/mol. The van der Waals surface area contributed by atoms with Crippen LogP contribution in [0.15, 0.2) is 0 Å². The van der Waals surface area contributed by atoms with Crippen molar-refractivity contribution in [3.8, 4) is 0 Å². The molecule has 1 aromatic heterocycles. The number of nitrogens with one attached hydrogen (secondary N) is 1. The van der Waals surface area contributed by atoms with Crippen molar-refractivity contribution in [2.45, 2.75) is 39.0 Å². The highest BCUT2D eigenvalue weighted by molar-refractivity contribution is 7.13. The van der Waals surface area contributed by atoms with Gasteiger partial charge in [0.25, 0.3) is 0 Å². The molecule has 2 heterocycles. The highest BCUT2D eigenvalue weighted by Crippen LogP contribution is 2.30. The van der Waals surface area contributed by atoms with Crippen LogP contribution >= 0.6 is 11.3 Å². The van der Waals surface area contributed by atoms with Crippen molar-refractivity contribution in [3.63, 3.8) is 0 Å². The molecule has 1 aliphatic rings. The first-order chi connectivity index (χ1) is 10.2. The first-order valence-electron chi connectivity index (χ1n) is 7.81. The number of thiazole rings is 1. The zero-order valence-electron chi connectivity index (χ0n) is 12.9. The van der Waals surface area contributed by atoms with E-state index in [1.54, 1.807) is 0 Å². The van der Waals surface area contributed by atoms with Gasteiger partial charge in [0.05, 0.1) is 10.7 Å². The van der Waals surface area contributed by atoms with E-state index >= 15 is 0 Å². The maximum absolute atomic E-state index is 11.4. The van der Waals surface area contributed by atoms with Crippen LogP contribution in [0.5, 0.6) is 0 Å². The summed E-state index contributed by atoms with van der Waals surface area (Å²) in [4.78, 5) is 18.9. The van der Waals surface area contributed by atoms with Crippen molar-refractivity contribution < 1.29 is 9.90 Å². The van der Waals surface area contributed by atoms with E-state index < -0.39 is 5.97 Å². The highest BCUT2D eigenvalue weighted by atomic mass is 32.1. The van der Waals surface area contributed by atoms with Crippen molar-refractivity contribution in [2.75, 3.05) is 32.7 Å². The Morgan fingerprint density at radius 1 is 1.38 bits per heavy atom.